The molecule has 0 atom stereocenters. The Morgan fingerprint density at radius 1 is 0.833 bits per heavy atom. The lowest BCUT2D eigenvalue weighted by Gasteiger charge is -2.14. The standard InChI is InChI=1S/C24H26N2O3S/c1-3-16-30(28,29)26-23-11-7-10-22(18(23)2)25-24(27)17-19-12-14-21(15-13-19)20-8-5-4-6-9-20/h4-15,26H,3,16-17H2,1-2H3,(H,25,27). The predicted octanol–water partition coefficient (Wildman–Crippen LogP) is 4.99. The van der Waals surface area contributed by atoms with Crippen molar-refractivity contribution in [1.29, 1.82) is 0 Å². The molecule has 0 saturated carbocycles. The number of amides is 1. The topological polar surface area (TPSA) is 75.3 Å². The quantitative estimate of drug-likeness (QED) is 0.537. The van der Waals surface area contributed by atoms with E-state index < -0.39 is 10.0 Å². The highest BCUT2D eigenvalue weighted by molar-refractivity contribution is 7.92. The van der Waals surface area contributed by atoms with Crippen molar-refractivity contribution in [3.8, 4) is 11.1 Å². The molecule has 156 valence electrons. The van der Waals surface area contributed by atoms with Gasteiger partial charge in [-0.1, -0.05) is 67.6 Å². The second kappa shape index (κ2) is 9.59. The SMILES string of the molecule is CCCS(=O)(=O)Nc1cccc(NC(=O)Cc2ccc(-c3ccccc3)cc2)c1C. The van der Waals surface area contributed by atoms with E-state index in [2.05, 4.69) is 10.0 Å². The third-order valence-corrected chi connectivity index (χ3v) is 6.25. The Kier molecular flexibility index (Phi) is 6.90. The molecule has 0 aliphatic rings. The summed E-state index contributed by atoms with van der Waals surface area (Å²) in [4.78, 5) is 12.5. The Bertz CT molecular complexity index is 1110. The van der Waals surface area contributed by atoms with E-state index in [9.17, 15) is 13.2 Å². The van der Waals surface area contributed by atoms with Crippen LogP contribution in [0.3, 0.4) is 0 Å². The molecule has 3 aromatic carbocycles. The molecular weight excluding hydrogens is 396 g/mol. The highest BCUT2D eigenvalue weighted by Gasteiger charge is 2.13. The molecule has 0 saturated heterocycles. The fraction of sp³-hybridized carbons (Fsp3) is 0.208. The van der Waals surface area contributed by atoms with Crippen LogP contribution >= 0.6 is 0 Å². The Balaban J connectivity index is 1.67. The number of nitrogens with one attached hydrogen (secondary N) is 2. The number of sulfonamides is 1. The molecule has 5 nitrogen and oxygen atoms in total. The summed E-state index contributed by atoms with van der Waals surface area (Å²) >= 11 is 0. The summed E-state index contributed by atoms with van der Waals surface area (Å²) in [5.74, 6) is -0.0960. The number of rotatable bonds is 8. The summed E-state index contributed by atoms with van der Waals surface area (Å²) in [5.41, 5.74) is 4.90. The van der Waals surface area contributed by atoms with Gasteiger partial charge >= 0.3 is 0 Å². The lowest BCUT2D eigenvalue weighted by molar-refractivity contribution is -0.115. The van der Waals surface area contributed by atoms with Crippen LogP contribution in [-0.2, 0) is 21.2 Å². The van der Waals surface area contributed by atoms with Gasteiger partial charge in [-0.05, 0) is 47.7 Å². The third-order valence-electron chi connectivity index (χ3n) is 4.77. The first-order valence-electron chi connectivity index (χ1n) is 9.92. The van der Waals surface area contributed by atoms with Gasteiger partial charge in [0.2, 0.25) is 15.9 Å². The fourth-order valence-corrected chi connectivity index (χ4v) is 4.39. The van der Waals surface area contributed by atoms with Crippen molar-refractivity contribution >= 4 is 27.3 Å². The average molecular weight is 423 g/mol. The van der Waals surface area contributed by atoms with Crippen LogP contribution in [-0.4, -0.2) is 20.1 Å². The zero-order valence-corrected chi connectivity index (χ0v) is 18.0. The lowest BCUT2D eigenvalue weighted by atomic mass is 10.0. The van der Waals surface area contributed by atoms with Gasteiger partial charge in [-0.2, -0.15) is 0 Å². The average Bonchev–Trinajstić information content (AvgIpc) is 2.72. The first-order chi connectivity index (χ1) is 14.4. The van der Waals surface area contributed by atoms with Crippen LogP contribution in [0.2, 0.25) is 0 Å². The zero-order valence-electron chi connectivity index (χ0n) is 17.2. The second-order valence-corrected chi connectivity index (χ2v) is 9.03. The summed E-state index contributed by atoms with van der Waals surface area (Å²) in [6.45, 7) is 3.60. The molecule has 0 radical (unpaired) electrons. The van der Waals surface area contributed by atoms with Gasteiger partial charge in [-0.25, -0.2) is 8.42 Å². The predicted molar refractivity (Wildman–Crippen MR) is 123 cm³/mol. The van der Waals surface area contributed by atoms with Crippen LogP contribution < -0.4 is 10.0 Å². The van der Waals surface area contributed by atoms with Gasteiger partial charge in [0.05, 0.1) is 17.9 Å². The van der Waals surface area contributed by atoms with E-state index in [1.807, 2.05) is 61.5 Å². The van der Waals surface area contributed by atoms with Gasteiger partial charge in [-0.15, -0.1) is 0 Å². The van der Waals surface area contributed by atoms with Crippen LogP contribution in [0, 0.1) is 6.92 Å². The van der Waals surface area contributed by atoms with Gasteiger partial charge in [0.15, 0.2) is 0 Å². The van der Waals surface area contributed by atoms with E-state index in [-0.39, 0.29) is 18.1 Å². The minimum absolute atomic E-state index is 0.0575. The minimum Gasteiger partial charge on any atom is -0.325 e. The van der Waals surface area contributed by atoms with Crippen LogP contribution in [0.15, 0.2) is 72.8 Å². The molecule has 3 aromatic rings. The van der Waals surface area contributed by atoms with Crippen molar-refractivity contribution < 1.29 is 13.2 Å². The number of benzene rings is 3. The van der Waals surface area contributed by atoms with E-state index in [0.29, 0.717) is 23.4 Å². The van der Waals surface area contributed by atoms with Crippen LogP contribution in [0.4, 0.5) is 11.4 Å². The molecule has 0 heterocycles. The van der Waals surface area contributed by atoms with Gasteiger partial charge in [0.1, 0.15) is 0 Å². The van der Waals surface area contributed by atoms with Gasteiger partial charge in [0, 0.05) is 5.69 Å². The molecule has 0 fully saturated rings. The van der Waals surface area contributed by atoms with Gasteiger partial charge in [-0.3, -0.25) is 9.52 Å². The van der Waals surface area contributed by atoms with E-state index >= 15 is 0 Å². The number of anilines is 2. The Morgan fingerprint density at radius 3 is 2.13 bits per heavy atom. The molecule has 30 heavy (non-hydrogen) atoms. The molecule has 1 amide bonds. The fourth-order valence-electron chi connectivity index (χ4n) is 3.19. The highest BCUT2D eigenvalue weighted by atomic mass is 32.2. The number of hydrogen-bond donors (Lipinski definition) is 2. The molecule has 0 aromatic heterocycles. The molecule has 0 aliphatic carbocycles. The minimum atomic E-state index is -3.39. The summed E-state index contributed by atoms with van der Waals surface area (Å²) in [7, 11) is -3.39. The molecular formula is C24H26N2O3S. The molecule has 0 bridgehead atoms. The van der Waals surface area contributed by atoms with Crippen molar-refractivity contribution in [1.82, 2.24) is 0 Å². The first kappa shape index (κ1) is 21.6. The number of carbonyl (C=O) groups excluding carboxylic acids is 1. The van der Waals surface area contributed by atoms with Crippen molar-refractivity contribution in [2.45, 2.75) is 26.7 Å². The van der Waals surface area contributed by atoms with Crippen molar-refractivity contribution in [2.75, 3.05) is 15.8 Å². The molecule has 6 heteroatoms. The first-order valence-corrected chi connectivity index (χ1v) is 11.6. The summed E-state index contributed by atoms with van der Waals surface area (Å²) < 4.78 is 26.7. The van der Waals surface area contributed by atoms with E-state index in [4.69, 9.17) is 0 Å². The Morgan fingerprint density at radius 2 is 1.47 bits per heavy atom. The van der Waals surface area contributed by atoms with Crippen molar-refractivity contribution in [3.63, 3.8) is 0 Å². The summed E-state index contributed by atoms with van der Waals surface area (Å²) in [6, 6.07) is 23.2. The maximum Gasteiger partial charge on any atom is 0.232 e. The zero-order chi connectivity index (χ0) is 21.6. The van der Waals surface area contributed by atoms with E-state index in [0.717, 1.165) is 16.7 Å². The molecule has 2 N–H and O–H groups in total. The molecule has 0 unspecified atom stereocenters. The second-order valence-electron chi connectivity index (χ2n) is 7.19. The molecule has 0 aliphatic heterocycles. The van der Waals surface area contributed by atoms with Crippen LogP contribution in [0.25, 0.3) is 11.1 Å². The third kappa shape index (κ3) is 5.70. The van der Waals surface area contributed by atoms with Gasteiger partial charge < -0.3 is 5.32 Å². The lowest BCUT2D eigenvalue weighted by Crippen LogP contribution is -2.18. The highest BCUT2D eigenvalue weighted by Crippen LogP contribution is 2.25. The Labute approximate surface area is 178 Å². The number of hydrogen-bond acceptors (Lipinski definition) is 3. The van der Waals surface area contributed by atoms with E-state index in [1.165, 1.54) is 0 Å². The summed E-state index contributed by atoms with van der Waals surface area (Å²) in [5, 5.41) is 2.89. The summed E-state index contributed by atoms with van der Waals surface area (Å²) in [6.07, 6.45) is 0.772. The molecule has 3 rings (SSSR count). The largest absolute Gasteiger partial charge is 0.325 e. The van der Waals surface area contributed by atoms with E-state index in [1.54, 1.807) is 25.1 Å². The molecule has 0 spiro atoms. The van der Waals surface area contributed by atoms with Crippen molar-refractivity contribution in [2.24, 2.45) is 0 Å². The maximum absolute atomic E-state index is 12.5. The van der Waals surface area contributed by atoms with Gasteiger partial charge in [0.25, 0.3) is 0 Å². The normalized spacial score (nSPS) is 11.1. The smallest absolute Gasteiger partial charge is 0.232 e. The monoisotopic (exact) mass is 422 g/mol. The Hall–Kier alpha value is -3.12. The van der Waals surface area contributed by atoms with Crippen molar-refractivity contribution in [3.05, 3.63) is 83.9 Å². The van der Waals surface area contributed by atoms with Crippen LogP contribution in [0.1, 0.15) is 24.5 Å². The van der Waals surface area contributed by atoms with Crippen LogP contribution in [0.5, 0.6) is 0 Å². The maximum atomic E-state index is 12.5. The number of carbonyl (C=O) groups is 1.